The van der Waals surface area contributed by atoms with Crippen molar-refractivity contribution in [3.63, 3.8) is 0 Å². The lowest BCUT2D eigenvalue weighted by Crippen LogP contribution is -2.14. The molecule has 0 fully saturated rings. The molecule has 0 saturated heterocycles. The molecule has 0 bridgehead atoms. The van der Waals surface area contributed by atoms with Gasteiger partial charge in [-0.1, -0.05) is 0 Å². The average molecular weight is 249 g/mol. The van der Waals surface area contributed by atoms with Crippen LogP contribution < -0.4 is 5.32 Å². The summed E-state index contributed by atoms with van der Waals surface area (Å²) in [6.07, 6.45) is 5.25. The molecule has 1 aromatic heterocycles. The summed E-state index contributed by atoms with van der Waals surface area (Å²) in [4.78, 5) is 19.4. The van der Waals surface area contributed by atoms with Crippen LogP contribution in [0.1, 0.15) is 42.8 Å². The highest BCUT2D eigenvalue weighted by atomic mass is 16.4. The van der Waals surface area contributed by atoms with Gasteiger partial charge >= 0.3 is 5.97 Å². The van der Waals surface area contributed by atoms with E-state index in [1.54, 1.807) is 0 Å². The fourth-order valence-corrected chi connectivity index (χ4v) is 2.31. The Labute approximate surface area is 107 Å². The summed E-state index contributed by atoms with van der Waals surface area (Å²) in [7, 11) is 0. The van der Waals surface area contributed by atoms with Crippen LogP contribution in [0.15, 0.2) is 0 Å². The van der Waals surface area contributed by atoms with E-state index < -0.39 is 5.97 Å². The lowest BCUT2D eigenvalue weighted by Gasteiger charge is -2.19. The molecule has 0 saturated carbocycles. The van der Waals surface area contributed by atoms with Gasteiger partial charge in [0.15, 0.2) is 0 Å². The number of rotatable bonds is 5. The molecule has 0 amide bonds. The molecule has 5 nitrogen and oxygen atoms in total. The number of aryl methyl sites for hydroxylation is 2. The monoisotopic (exact) mass is 249 g/mol. The van der Waals surface area contributed by atoms with Crippen molar-refractivity contribution < 1.29 is 9.90 Å². The van der Waals surface area contributed by atoms with Crippen LogP contribution in [-0.4, -0.2) is 27.6 Å². The predicted octanol–water partition coefficient (Wildman–Crippen LogP) is 1.94. The van der Waals surface area contributed by atoms with Gasteiger partial charge in [0.1, 0.15) is 11.6 Å². The molecule has 2 N–H and O–H groups in total. The first-order valence-corrected chi connectivity index (χ1v) is 6.49. The van der Waals surface area contributed by atoms with Crippen molar-refractivity contribution in [2.24, 2.45) is 0 Å². The van der Waals surface area contributed by atoms with Gasteiger partial charge in [-0.2, -0.15) is 0 Å². The Hall–Kier alpha value is -1.65. The number of nitrogens with zero attached hydrogens (tertiary/aromatic N) is 2. The van der Waals surface area contributed by atoms with E-state index in [-0.39, 0.29) is 6.42 Å². The van der Waals surface area contributed by atoms with E-state index in [1.807, 2.05) is 6.92 Å². The molecule has 5 heteroatoms. The first kappa shape index (κ1) is 12.8. The lowest BCUT2D eigenvalue weighted by atomic mass is 9.96. The van der Waals surface area contributed by atoms with E-state index in [1.165, 1.54) is 18.4 Å². The Morgan fingerprint density at radius 1 is 1.33 bits per heavy atom. The van der Waals surface area contributed by atoms with Crippen molar-refractivity contribution in [3.8, 4) is 0 Å². The molecular weight excluding hydrogens is 230 g/mol. The van der Waals surface area contributed by atoms with Gasteiger partial charge in [-0.15, -0.1) is 0 Å². The Morgan fingerprint density at radius 2 is 2.11 bits per heavy atom. The van der Waals surface area contributed by atoms with Gasteiger partial charge in [0.2, 0.25) is 0 Å². The number of anilines is 1. The number of carboxylic acid groups (broad SMARTS) is 1. The normalized spacial score (nSPS) is 14.1. The van der Waals surface area contributed by atoms with E-state index in [2.05, 4.69) is 15.3 Å². The summed E-state index contributed by atoms with van der Waals surface area (Å²) < 4.78 is 0. The highest BCUT2D eigenvalue weighted by Crippen LogP contribution is 2.25. The third-order valence-corrected chi connectivity index (χ3v) is 3.15. The van der Waals surface area contributed by atoms with Gasteiger partial charge in [-0.05, 0) is 39.0 Å². The average Bonchev–Trinajstić information content (AvgIpc) is 2.34. The van der Waals surface area contributed by atoms with Crippen LogP contribution in [0.2, 0.25) is 0 Å². The topological polar surface area (TPSA) is 75.1 Å². The molecule has 1 aromatic rings. The second-order valence-corrected chi connectivity index (χ2v) is 4.68. The van der Waals surface area contributed by atoms with E-state index in [0.717, 1.165) is 30.2 Å². The van der Waals surface area contributed by atoms with Crippen LogP contribution in [0.25, 0.3) is 0 Å². The quantitative estimate of drug-likeness (QED) is 0.780. The first-order chi connectivity index (χ1) is 8.66. The molecule has 1 aliphatic rings. The second kappa shape index (κ2) is 5.80. The van der Waals surface area contributed by atoms with E-state index >= 15 is 0 Å². The molecule has 0 atom stereocenters. The Morgan fingerprint density at radius 3 is 2.89 bits per heavy atom. The van der Waals surface area contributed by atoms with Gasteiger partial charge in [0, 0.05) is 24.2 Å². The number of fused-ring (bicyclic) bond motifs is 1. The van der Waals surface area contributed by atoms with Crippen LogP contribution in [-0.2, 0) is 17.6 Å². The van der Waals surface area contributed by atoms with Gasteiger partial charge in [0.25, 0.3) is 0 Å². The molecule has 18 heavy (non-hydrogen) atoms. The SMILES string of the molecule is Cc1nc2c(c(NCCCC(=O)O)n1)CCCC2. The van der Waals surface area contributed by atoms with Crippen molar-refractivity contribution in [2.75, 3.05) is 11.9 Å². The van der Waals surface area contributed by atoms with Crippen molar-refractivity contribution in [2.45, 2.75) is 45.4 Å². The lowest BCUT2D eigenvalue weighted by molar-refractivity contribution is -0.137. The Balaban J connectivity index is 2.02. The second-order valence-electron chi connectivity index (χ2n) is 4.68. The largest absolute Gasteiger partial charge is 0.481 e. The summed E-state index contributed by atoms with van der Waals surface area (Å²) in [5.74, 6) is 0.941. The summed E-state index contributed by atoms with van der Waals surface area (Å²) in [6.45, 7) is 2.55. The van der Waals surface area contributed by atoms with Crippen molar-refractivity contribution in [3.05, 3.63) is 17.1 Å². The summed E-state index contributed by atoms with van der Waals surface area (Å²) in [6, 6.07) is 0. The number of hydrogen-bond acceptors (Lipinski definition) is 4. The van der Waals surface area contributed by atoms with Crippen molar-refractivity contribution in [1.29, 1.82) is 0 Å². The molecule has 1 aliphatic carbocycles. The number of nitrogens with one attached hydrogen (secondary N) is 1. The van der Waals surface area contributed by atoms with Crippen LogP contribution >= 0.6 is 0 Å². The van der Waals surface area contributed by atoms with Gasteiger partial charge < -0.3 is 10.4 Å². The van der Waals surface area contributed by atoms with Crippen LogP contribution in [0, 0.1) is 6.92 Å². The number of hydrogen-bond donors (Lipinski definition) is 2. The number of aliphatic carboxylic acids is 1. The standard InChI is InChI=1S/C13H19N3O2/c1-9-15-11-6-3-2-5-10(11)13(16-9)14-8-4-7-12(17)18/h2-8H2,1H3,(H,17,18)(H,14,15,16). The molecule has 0 unspecified atom stereocenters. The van der Waals surface area contributed by atoms with E-state index in [4.69, 9.17) is 5.11 Å². The third-order valence-electron chi connectivity index (χ3n) is 3.15. The minimum atomic E-state index is -0.752. The third kappa shape index (κ3) is 3.18. The molecule has 98 valence electrons. The fourth-order valence-electron chi connectivity index (χ4n) is 2.31. The van der Waals surface area contributed by atoms with Crippen LogP contribution in [0.5, 0.6) is 0 Å². The van der Waals surface area contributed by atoms with E-state index in [0.29, 0.717) is 13.0 Å². The van der Waals surface area contributed by atoms with Crippen molar-refractivity contribution >= 4 is 11.8 Å². The molecule has 0 aromatic carbocycles. The summed E-state index contributed by atoms with van der Waals surface area (Å²) in [5, 5.41) is 11.8. The maximum absolute atomic E-state index is 10.4. The smallest absolute Gasteiger partial charge is 0.303 e. The maximum Gasteiger partial charge on any atom is 0.303 e. The molecule has 2 rings (SSSR count). The predicted molar refractivity (Wildman–Crippen MR) is 68.8 cm³/mol. The van der Waals surface area contributed by atoms with Crippen LogP contribution in [0.3, 0.4) is 0 Å². The Kier molecular flexibility index (Phi) is 4.12. The molecule has 0 spiro atoms. The minimum absolute atomic E-state index is 0.194. The van der Waals surface area contributed by atoms with E-state index in [9.17, 15) is 4.79 Å². The van der Waals surface area contributed by atoms with Gasteiger partial charge in [-0.3, -0.25) is 4.79 Å². The summed E-state index contributed by atoms with van der Waals surface area (Å²) >= 11 is 0. The zero-order valence-corrected chi connectivity index (χ0v) is 10.7. The highest BCUT2D eigenvalue weighted by Gasteiger charge is 2.16. The molecule has 0 aliphatic heterocycles. The number of carbonyl (C=O) groups is 1. The van der Waals surface area contributed by atoms with Crippen molar-refractivity contribution in [1.82, 2.24) is 9.97 Å². The fraction of sp³-hybridized carbons (Fsp3) is 0.615. The van der Waals surface area contributed by atoms with Gasteiger partial charge in [-0.25, -0.2) is 9.97 Å². The highest BCUT2D eigenvalue weighted by molar-refractivity contribution is 5.66. The van der Waals surface area contributed by atoms with Crippen LogP contribution in [0.4, 0.5) is 5.82 Å². The molecule has 1 heterocycles. The zero-order chi connectivity index (χ0) is 13.0. The maximum atomic E-state index is 10.4. The summed E-state index contributed by atoms with van der Waals surface area (Å²) in [5.41, 5.74) is 2.39. The first-order valence-electron chi connectivity index (χ1n) is 6.49. The number of aromatic nitrogens is 2. The molecule has 0 radical (unpaired) electrons. The van der Waals surface area contributed by atoms with Gasteiger partial charge in [0.05, 0.1) is 0 Å². The zero-order valence-electron chi connectivity index (χ0n) is 10.7. The Bertz CT molecular complexity index is 446. The minimum Gasteiger partial charge on any atom is -0.481 e. The number of carboxylic acids is 1. The molecular formula is C13H19N3O2.